The van der Waals surface area contributed by atoms with E-state index in [1.807, 2.05) is 0 Å². The van der Waals surface area contributed by atoms with Crippen LogP contribution in [0.4, 0.5) is 0 Å². The van der Waals surface area contributed by atoms with Crippen molar-refractivity contribution in [1.82, 2.24) is 0 Å². The van der Waals surface area contributed by atoms with Crippen molar-refractivity contribution in [3.05, 3.63) is 48.6 Å². The minimum absolute atomic E-state index is 0.430. The summed E-state index contributed by atoms with van der Waals surface area (Å²) in [5.41, 5.74) is 1.48. The van der Waals surface area contributed by atoms with E-state index in [2.05, 4.69) is 63.8 Å². The lowest BCUT2D eigenvalue weighted by molar-refractivity contribution is -0.951. The lowest BCUT2D eigenvalue weighted by atomic mass is 9.97. The Balaban J connectivity index is 2.83. The van der Waals surface area contributed by atoms with Gasteiger partial charge >= 0.3 is 0 Å². The lowest BCUT2D eigenvalue weighted by Crippen LogP contribution is -2.52. The van der Waals surface area contributed by atoms with E-state index in [1.54, 1.807) is 0 Å². The Morgan fingerprint density at radius 3 is 1.07 bits per heavy atom. The molecule has 232 valence electrons. The number of quaternary nitrogens is 1. The van der Waals surface area contributed by atoms with Gasteiger partial charge in [-0.05, 0) is 44.6 Å². The summed E-state index contributed by atoms with van der Waals surface area (Å²) < 4.78 is 1.25. The molecule has 0 aliphatic heterocycles. The summed E-state index contributed by atoms with van der Waals surface area (Å²) in [5.74, 6) is 0. The van der Waals surface area contributed by atoms with Gasteiger partial charge in [0, 0.05) is 5.56 Å². The summed E-state index contributed by atoms with van der Waals surface area (Å²) in [7, 11) is 0. The van der Waals surface area contributed by atoms with Gasteiger partial charge in [0.25, 0.3) is 0 Å². The normalized spacial score (nSPS) is 12.6. The molecular formula is C39H72N+. The van der Waals surface area contributed by atoms with Crippen molar-refractivity contribution < 1.29 is 4.48 Å². The van der Waals surface area contributed by atoms with E-state index in [0.29, 0.717) is 6.04 Å². The maximum absolute atomic E-state index is 4.45. The molecule has 0 N–H and O–H groups in total. The number of nitrogens with zero attached hydrogens (tertiary/aromatic N) is 1. The molecule has 0 fully saturated rings. The Kier molecular flexibility index (Phi) is 24.7. The zero-order valence-corrected chi connectivity index (χ0v) is 27.8. The number of hydrogen-bond acceptors (Lipinski definition) is 0. The molecule has 0 bridgehead atoms. The van der Waals surface area contributed by atoms with Gasteiger partial charge in [-0.3, -0.25) is 0 Å². The third-order valence-electron chi connectivity index (χ3n) is 9.33. The fraction of sp³-hybridized carbons (Fsp3) is 0.795. The molecule has 0 aliphatic rings. The quantitative estimate of drug-likeness (QED) is 0.0504. The van der Waals surface area contributed by atoms with Crippen LogP contribution in [0.2, 0.25) is 0 Å². The molecule has 0 amide bonds. The first kappa shape index (κ1) is 36.9. The second-order valence-electron chi connectivity index (χ2n) is 12.9. The van der Waals surface area contributed by atoms with Crippen LogP contribution in [-0.4, -0.2) is 24.1 Å². The summed E-state index contributed by atoms with van der Waals surface area (Å²) in [6.45, 7) is 15.4. The summed E-state index contributed by atoms with van der Waals surface area (Å²) >= 11 is 0. The molecule has 40 heavy (non-hydrogen) atoms. The molecule has 0 saturated heterocycles. The van der Waals surface area contributed by atoms with Gasteiger partial charge in [-0.2, -0.15) is 0 Å². The molecule has 0 aliphatic carbocycles. The Morgan fingerprint density at radius 1 is 0.475 bits per heavy atom. The third-order valence-corrected chi connectivity index (χ3v) is 9.33. The van der Waals surface area contributed by atoms with Crippen LogP contribution in [-0.2, 0) is 0 Å². The zero-order valence-electron chi connectivity index (χ0n) is 27.8. The second kappa shape index (κ2) is 26.8. The minimum atomic E-state index is 0.430. The van der Waals surface area contributed by atoms with Gasteiger partial charge < -0.3 is 4.48 Å². The van der Waals surface area contributed by atoms with Crippen LogP contribution >= 0.6 is 0 Å². The van der Waals surface area contributed by atoms with Crippen molar-refractivity contribution in [2.45, 2.75) is 181 Å². The predicted molar refractivity (Wildman–Crippen MR) is 182 cm³/mol. The van der Waals surface area contributed by atoms with Gasteiger partial charge in [-0.15, -0.1) is 0 Å². The molecule has 1 nitrogen and oxygen atoms in total. The molecule has 1 aromatic carbocycles. The molecule has 0 aromatic heterocycles. The van der Waals surface area contributed by atoms with E-state index in [9.17, 15) is 0 Å². The van der Waals surface area contributed by atoms with E-state index in [-0.39, 0.29) is 0 Å². The molecule has 0 radical (unpaired) electrons. The summed E-state index contributed by atoms with van der Waals surface area (Å²) in [4.78, 5) is 0. The summed E-state index contributed by atoms with van der Waals surface area (Å²) in [6.07, 6.45) is 36.1. The maximum atomic E-state index is 4.45. The first-order valence-corrected chi connectivity index (χ1v) is 18.3. The van der Waals surface area contributed by atoms with Crippen molar-refractivity contribution >= 4 is 0 Å². The van der Waals surface area contributed by atoms with Crippen LogP contribution < -0.4 is 0 Å². The number of unbranched alkanes of at least 4 members (excludes halogenated alkanes) is 21. The van der Waals surface area contributed by atoms with E-state index in [0.717, 1.165) is 0 Å². The Morgan fingerprint density at radius 2 is 0.775 bits per heavy atom. The first-order chi connectivity index (χ1) is 19.7. The predicted octanol–water partition coefficient (Wildman–Crippen LogP) is 13.2. The van der Waals surface area contributed by atoms with Crippen LogP contribution in [0.3, 0.4) is 0 Å². The third kappa shape index (κ3) is 17.7. The highest BCUT2D eigenvalue weighted by Crippen LogP contribution is 2.33. The van der Waals surface area contributed by atoms with Crippen LogP contribution in [0.1, 0.15) is 186 Å². The van der Waals surface area contributed by atoms with Crippen molar-refractivity contribution in [2.24, 2.45) is 0 Å². The molecular weight excluding hydrogens is 482 g/mol. The monoisotopic (exact) mass is 555 g/mol. The first-order valence-electron chi connectivity index (χ1n) is 18.3. The molecule has 1 rings (SSSR count). The average molecular weight is 555 g/mol. The zero-order chi connectivity index (χ0) is 29.0. The summed E-state index contributed by atoms with van der Waals surface area (Å²) in [5, 5.41) is 0. The van der Waals surface area contributed by atoms with E-state index >= 15 is 0 Å². The van der Waals surface area contributed by atoms with Crippen LogP contribution in [0, 0.1) is 0 Å². The van der Waals surface area contributed by atoms with Crippen LogP contribution in [0.5, 0.6) is 0 Å². The second-order valence-corrected chi connectivity index (χ2v) is 12.9. The van der Waals surface area contributed by atoms with Crippen molar-refractivity contribution in [3.63, 3.8) is 0 Å². The van der Waals surface area contributed by atoms with Gasteiger partial charge in [0.2, 0.25) is 0 Å². The molecule has 1 aromatic rings. The Labute approximate surface area is 253 Å². The van der Waals surface area contributed by atoms with Crippen molar-refractivity contribution in [3.8, 4) is 0 Å². The van der Waals surface area contributed by atoms with Crippen molar-refractivity contribution in [2.75, 3.05) is 19.6 Å². The van der Waals surface area contributed by atoms with Crippen molar-refractivity contribution in [1.29, 1.82) is 0 Å². The van der Waals surface area contributed by atoms with Gasteiger partial charge in [-0.1, -0.05) is 173 Å². The van der Waals surface area contributed by atoms with E-state index < -0.39 is 0 Å². The molecule has 0 saturated carbocycles. The smallest absolute Gasteiger partial charge is 0.133 e. The fourth-order valence-electron chi connectivity index (χ4n) is 6.76. The van der Waals surface area contributed by atoms with E-state index in [4.69, 9.17) is 0 Å². The number of rotatable bonds is 30. The topological polar surface area (TPSA) is 0 Å². The Hall–Kier alpha value is -1.08. The van der Waals surface area contributed by atoms with E-state index in [1.165, 1.54) is 184 Å². The molecule has 1 atom stereocenters. The number of hydrogen-bond donors (Lipinski definition) is 0. The highest BCUT2D eigenvalue weighted by atomic mass is 15.4. The SMILES string of the molecule is C=CC(c1ccccc1)[N+](CCCCCCCCCC)(CCCCCCCCCC)CCCCCCCCCC. The molecule has 0 spiro atoms. The van der Waals surface area contributed by atoms with Crippen LogP contribution in [0.15, 0.2) is 43.0 Å². The Bertz CT molecular complexity index is 600. The minimum Gasteiger partial charge on any atom is -0.314 e. The average Bonchev–Trinajstić information content (AvgIpc) is 2.98. The van der Waals surface area contributed by atoms with Crippen LogP contribution in [0.25, 0.3) is 0 Å². The standard InChI is InChI=1S/C39H72N/c1-5-9-12-15-18-21-24-30-35-40(36-31-25-22-19-16-13-10-6-2,37-32-26-23-20-17-14-11-7-3)39(8-4)38-33-28-27-29-34-38/h8,27-29,33-34,39H,4-7,9-26,30-32,35-37H2,1-3H3/q+1. The highest BCUT2D eigenvalue weighted by Gasteiger charge is 2.35. The maximum Gasteiger partial charge on any atom is 0.133 e. The fourth-order valence-corrected chi connectivity index (χ4v) is 6.76. The molecule has 0 heterocycles. The van der Waals surface area contributed by atoms with Gasteiger partial charge in [0.15, 0.2) is 0 Å². The van der Waals surface area contributed by atoms with Gasteiger partial charge in [-0.25, -0.2) is 0 Å². The molecule has 1 unspecified atom stereocenters. The highest BCUT2D eigenvalue weighted by molar-refractivity contribution is 5.20. The molecule has 1 heteroatoms. The lowest BCUT2D eigenvalue weighted by Gasteiger charge is -2.45. The largest absolute Gasteiger partial charge is 0.314 e. The van der Waals surface area contributed by atoms with Gasteiger partial charge in [0.05, 0.1) is 19.6 Å². The summed E-state index contributed by atoms with van der Waals surface area (Å²) in [6, 6.07) is 11.8. The number of benzene rings is 1. The van der Waals surface area contributed by atoms with Gasteiger partial charge in [0.1, 0.15) is 6.04 Å².